The fourth-order valence-electron chi connectivity index (χ4n) is 4.93. The maximum Gasteiger partial charge on any atom is 0.356 e. The van der Waals surface area contributed by atoms with Crippen molar-refractivity contribution in [3.05, 3.63) is 77.4 Å². The van der Waals surface area contributed by atoms with Crippen LogP contribution < -0.4 is 5.06 Å². The van der Waals surface area contributed by atoms with Crippen molar-refractivity contribution in [2.45, 2.75) is 44.9 Å². The summed E-state index contributed by atoms with van der Waals surface area (Å²) in [5.41, 5.74) is 3.39. The first-order valence-corrected chi connectivity index (χ1v) is 11.9. The SMILES string of the molecule is O=C1/C=C/C(=O)ON2c3cc(C(=O)CCC4CCN(Cc5ccccc5)CC4)ccc3CC2O1. The number of esters is 1. The predicted octanol–water partition coefficient (Wildman–Crippen LogP) is 3.82. The molecule has 0 spiro atoms. The second-order valence-corrected chi connectivity index (χ2v) is 9.18. The van der Waals surface area contributed by atoms with Gasteiger partial charge in [-0.1, -0.05) is 42.5 Å². The quantitative estimate of drug-likeness (QED) is 0.479. The van der Waals surface area contributed by atoms with Crippen molar-refractivity contribution in [2.24, 2.45) is 5.92 Å². The average Bonchev–Trinajstić information content (AvgIpc) is 3.17. The molecule has 1 unspecified atom stereocenters. The number of benzene rings is 2. The van der Waals surface area contributed by atoms with E-state index >= 15 is 0 Å². The first kappa shape index (κ1) is 22.3. The van der Waals surface area contributed by atoms with Crippen LogP contribution in [0.2, 0.25) is 0 Å². The molecule has 0 amide bonds. The van der Waals surface area contributed by atoms with E-state index in [2.05, 4.69) is 29.2 Å². The molecule has 0 saturated carbocycles. The smallest absolute Gasteiger partial charge is 0.356 e. The molecule has 1 fully saturated rings. The molecule has 5 rings (SSSR count). The molecule has 3 aliphatic rings. The van der Waals surface area contributed by atoms with Crippen molar-refractivity contribution < 1.29 is 24.0 Å². The standard InChI is InChI=1S/C27H28N2O5/c30-24(9-6-19-12-14-28(15-13-19)18-20-4-2-1-3-5-20)22-8-7-21-17-25-29(23(21)16-22)34-27(32)11-10-26(31)33-25/h1-5,7-8,10-11,16,19,25H,6,9,12-15,17-18H2/b11-10+. The van der Waals surface area contributed by atoms with E-state index in [0.29, 0.717) is 30.0 Å². The first-order chi connectivity index (χ1) is 16.5. The van der Waals surface area contributed by atoms with Crippen LogP contribution in [0.3, 0.4) is 0 Å². The lowest BCUT2D eigenvalue weighted by molar-refractivity contribution is -0.156. The number of ketones is 1. The van der Waals surface area contributed by atoms with Crippen LogP contribution in [0.1, 0.15) is 47.2 Å². The van der Waals surface area contributed by atoms with E-state index < -0.39 is 18.2 Å². The molecular weight excluding hydrogens is 432 g/mol. The van der Waals surface area contributed by atoms with Gasteiger partial charge in [0, 0.05) is 37.1 Å². The number of hydrogen-bond acceptors (Lipinski definition) is 7. The fourth-order valence-corrected chi connectivity index (χ4v) is 4.93. The fraction of sp³-hybridized carbons (Fsp3) is 0.370. The Morgan fingerprint density at radius 2 is 1.74 bits per heavy atom. The zero-order valence-electron chi connectivity index (χ0n) is 19.0. The Balaban J connectivity index is 1.16. The number of fused-ring (bicyclic) bond motifs is 3. The van der Waals surface area contributed by atoms with Gasteiger partial charge in [-0.15, -0.1) is 0 Å². The first-order valence-electron chi connectivity index (χ1n) is 11.9. The van der Waals surface area contributed by atoms with Crippen LogP contribution in [0.15, 0.2) is 60.7 Å². The molecule has 176 valence electrons. The molecule has 0 bridgehead atoms. The van der Waals surface area contributed by atoms with Gasteiger partial charge < -0.3 is 9.57 Å². The second-order valence-electron chi connectivity index (χ2n) is 9.18. The summed E-state index contributed by atoms with van der Waals surface area (Å²) in [5.74, 6) is -0.611. The summed E-state index contributed by atoms with van der Waals surface area (Å²) in [6, 6.07) is 15.9. The molecule has 3 aliphatic heterocycles. The van der Waals surface area contributed by atoms with Gasteiger partial charge in [0.15, 0.2) is 5.78 Å². The summed E-state index contributed by atoms with van der Waals surface area (Å²) >= 11 is 0. The Bertz CT molecular complexity index is 1110. The summed E-state index contributed by atoms with van der Waals surface area (Å²) in [5, 5.41) is 1.30. The van der Waals surface area contributed by atoms with Gasteiger partial charge in [-0.3, -0.25) is 9.69 Å². The Morgan fingerprint density at radius 3 is 2.53 bits per heavy atom. The number of rotatable bonds is 6. The molecule has 2 aromatic rings. The van der Waals surface area contributed by atoms with Gasteiger partial charge in [-0.2, -0.15) is 5.06 Å². The summed E-state index contributed by atoms with van der Waals surface area (Å²) < 4.78 is 5.35. The van der Waals surface area contributed by atoms with Crippen molar-refractivity contribution in [1.29, 1.82) is 0 Å². The number of ether oxygens (including phenoxy) is 1. The van der Waals surface area contributed by atoms with E-state index in [1.807, 2.05) is 18.2 Å². The van der Waals surface area contributed by atoms with Crippen LogP contribution in [0, 0.1) is 5.92 Å². The molecule has 0 aromatic heterocycles. The van der Waals surface area contributed by atoms with E-state index in [1.165, 1.54) is 10.6 Å². The highest BCUT2D eigenvalue weighted by Gasteiger charge is 2.36. The highest BCUT2D eigenvalue weighted by Crippen LogP contribution is 2.35. The molecule has 7 nitrogen and oxygen atoms in total. The lowest BCUT2D eigenvalue weighted by atomic mass is 9.90. The highest BCUT2D eigenvalue weighted by atomic mass is 16.7. The zero-order chi connectivity index (χ0) is 23.5. The summed E-state index contributed by atoms with van der Waals surface area (Å²) in [6.45, 7) is 3.09. The predicted molar refractivity (Wildman–Crippen MR) is 126 cm³/mol. The number of anilines is 1. The molecule has 0 aliphatic carbocycles. The summed E-state index contributed by atoms with van der Waals surface area (Å²) in [6.07, 6.45) is 5.35. The van der Waals surface area contributed by atoms with Gasteiger partial charge in [0.1, 0.15) is 0 Å². The van der Waals surface area contributed by atoms with Crippen molar-refractivity contribution in [3.63, 3.8) is 0 Å². The molecule has 0 radical (unpaired) electrons. The number of Topliss-reactive ketones (excluding diaryl/α,β-unsaturated/α-hetero) is 1. The number of hydrogen-bond donors (Lipinski definition) is 0. The number of likely N-dealkylation sites (tertiary alicyclic amines) is 1. The molecule has 34 heavy (non-hydrogen) atoms. The van der Waals surface area contributed by atoms with Gasteiger partial charge in [0.05, 0.1) is 5.69 Å². The normalized spacial score (nSPS) is 21.6. The number of carbonyl (C=O) groups is 3. The summed E-state index contributed by atoms with van der Waals surface area (Å²) in [4.78, 5) is 44.5. The van der Waals surface area contributed by atoms with Crippen LogP contribution in [0.5, 0.6) is 0 Å². The molecule has 1 atom stereocenters. The number of carbonyl (C=O) groups excluding carboxylic acids is 3. The molecule has 7 heteroatoms. The Kier molecular flexibility index (Phi) is 6.45. The van der Waals surface area contributed by atoms with E-state index in [-0.39, 0.29) is 5.78 Å². The average molecular weight is 461 g/mol. The van der Waals surface area contributed by atoms with Crippen molar-refractivity contribution >= 4 is 23.4 Å². The second kappa shape index (κ2) is 9.81. The lowest BCUT2D eigenvalue weighted by Gasteiger charge is -2.32. The number of hydroxylamine groups is 1. The van der Waals surface area contributed by atoms with Crippen LogP contribution in [0.25, 0.3) is 0 Å². The van der Waals surface area contributed by atoms with E-state index in [1.54, 1.807) is 6.07 Å². The van der Waals surface area contributed by atoms with Gasteiger partial charge in [0.25, 0.3) is 0 Å². The molecule has 0 N–H and O–H groups in total. The minimum atomic E-state index is -0.720. The molecular formula is C27H28N2O5. The highest BCUT2D eigenvalue weighted by molar-refractivity contribution is 5.97. The van der Waals surface area contributed by atoms with Gasteiger partial charge in [0.2, 0.25) is 6.23 Å². The third-order valence-electron chi connectivity index (χ3n) is 6.83. The number of nitrogens with zero attached hydrogens (tertiary/aromatic N) is 2. The molecule has 3 heterocycles. The largest absolute Gasteiger partial charge is 0.435 e. The van der Waals surface area contributed by atoms with Crippen molar-refractivity contribution in [2.75, 3.05) is 18.2 Å². The van der Waals surface area contributed by atoms with Crippen LogP contribution >= 0.6 is 0 Å². The summed E-state index contributed by atoms with van der Waals surface area (Å²) in [7, 11) is 0. The van der Waals surface area contributed by atoms with Crippen molar-refractivity contribution in [3.8, 4) is 0 Å². The minimum Gasteiger partial charge on any atom is -0.435 e. The van der Waals surface area contributed by atoms with E-state index in [4.69, 9.17) is 9.57 Å². The Labute approximate surface area is 198 Å². The van der Waals surface area contributed by atoms with Crippen LogP contribution in [-0.2, 0) is 32.1 Å². The zero-order valence-corrected chi connectivity index (χ0v) is 19.0. The maximum atomic E-state index is 13.0. The van der Waals surface area contributed by atoms with E-state index in [9.17, 15) is 14.4 Å². The maximum absolute atomic E-state index is 13.0. The van der Waals surface area contributed by atoms with Crippen LogP contribution in [-0.4, -0.2) is 41.9 Å². The lowest BCUT2D eigenvalue weighted by Crippen LogP contribution is -2.38. The monoisotopic (exact) mass is 460 g/mol. The minimum absolute atomic E-state index is 0.0771. The molecule has 1 saturated heterocycles. The van der Waals surface area contributed by atoms with Crippen LogP contribution in [0.4, 0.5) is 5.69 Å². The Morgan fingerprint density at radius 1 is 0.971 bits per heavy atom. The van der Waals surface area contributed by atoms with Gasteiger partial charge >= 0.3 is 11.9 Å². The van der Waals surface area contributed by atoms with Gasteiger partial charge in [-0.05, 0) is 55.5 Å². The molecule has 2 aromatic carbocycles. The van der Waals surface area contributed by atoms with Crippen molar-refractivity contribution in [1.82, 2.24) is 4.90 Å². The third-order valence-corrected chi connectivity index (χ3v) is 6.83. The number of piperidine rings is 1. The topological polar surface area (TPSA) is 76.2 Å². The van der Waals surface area contributed by atoms with E-state index in [0.717, 1.165) is 56.6 Å². The van der Waals surface area contributed by atoms with Gasteiger partial charge in [-0.25, -0.2) is 9.59 Å². The third kappa shape index (κ3) is 5.04. The Hall–Kier alpha value is -3.45.